The molecule has 0 aliphatic heterocycles. The highest BCUT2D eigenvalue weighted by Gasteiger charge is 2.21. The second kappa shape index (κ2) is 6.72. The van der Waals surface area contributed by atoms with Crippen molar-refractivity contribution in [2.45, 2.75) is 4.90 Å². The molecule has 0 amide bonds. The van der Waals surface area contributed by atoms with E-state index in [4.69, 9.17) is 34.8 Å². The van der Waals surface area contributed by atoms with E-state index in [0.29, 0.717) is 15.6 Å². The summed E-state index contributed by atoms with van der Waals surface area (Å²) in [6.45, 7) is 0. The first kappa shape index (κ1) is 16.9. The molecule has 0 unspecified atom stereocenters. The molecular weight excluding hydrogens is 365 g/mol. The van der Waals surface area contributed by atoms with Gasteiger partial charge in [0.15, 0.2) is 0 Å². The van der Waals surface area contributed by atoms with Crippen LogP contribution in [0.3, 0.4) is 0 Å². The Morgan fingerprint density at radius 3 is 2.14 bits per heavy atom. The Morgan fingerprint density at radius 1 is 1.00 bits per heavy atom. The van der Waals surface area contributed by atoms with E-state index in [1.165, 1.54) is 36.4 Å². The number of hydrogen-bond donors (Lipinski definition) is 0. The zero-order chi connectivity index (χ0) is 16.3. The Hall–Kier alpha value is -1.51. The van der Waals surface area contributed by atoms with E-state index in [2.05, 4.69) is 0 Å². The minimum Gasteiger partial charge on any atom is -0.218 e. The van der Waals surface area contributed by atoms with Crippen LogP contribution in [0.25, 0.3) is 6.08 Å². The number of nitrogens with zero attached hydrogens (tertiary/aromatic N) is 1. The van der Waals surface area contributed by atoms with E-state index in [1.54, 1.807) is 18.2 Å². The average Bonchev–Trinajstić information content (AvgIpc) is 2.46. The Labute approximate surface area is 143 Å². The Morgan fingerprint density at radius 2 is 1.59 bits per heavy atom. The third kappa shape index (κ3) is 3.63. The predicted octanol–water partition coefficient (Wildman–Crippen LogP) is 4.99. The molecule has 2 aromatic rings. The van der Waals surface area contributed by atoms with Gasteiger partial charge in [-0.1, -0.05) is 40.9 Å². The highest BCUT2D eigenvalue weighted by molar-refractivity contribution is 7.95. The lowest BCUT2D eigenvalue weighted by atomic mass is 10.2. The number of allylic oxidation sites excluding steroid dienone is 1. The van der Waals surface area contributed by atoms with Gasteiger partial charge in [0.1, 0.15) is 11.0 Å². The molecule has 0 N–H and O–H groups in total. The highest BCUT2D eigenvalue weighted by Crippen LogP contribution is 2.27. The topological polar surface area (TPSA) is 57.9 Å². The molecule has 22 heavy (non-hydrogen) atoms. The minimum absolute atomic E-state index is 0.0187. The second-order valence-corrected chi connectivity index (χ2v) is 7.44. The lowest BCUT2D eigenvalue weighted by molar-refractivity contribution is 0.603. The summed E-state index contributed by atoms with van der Waals surface area (Å²) in [6, 6.07) is 11.8. The van der Waals surface area contributed by atoms with Crippen LogP contribution in [0.15, 0.2) is 52.3 Å². The molecular formula is C15H8Cl3NO2S. The van der Waals surface area contributed by atoms with Crippen molar-refractivity contribution in [3.05, 3.63) is 68.0 Å². The molecule has 0 aliphatic rings. The number of hydrogen-bond acceptors (Lipinski definition) is 3. The van der Waals surface area contributed by atoms with Crippen molar-refractivity contribution in [3.63, 3.8) is 0 Å². The number of benzene rings is 2. The van der Waals surface area contributed by atoms with Crippen molar-refractivity contribution >= 4 is 50.7 Å². The lowest BCUT2D eigenvalue weighted by Gasteiger charge is -2.04. The largest absolute Gasteiger partial charge is 0.218 e. The van der Waals surface area contributed by atoms with Crippen LogP contribution >= 0.6 is 34.8 Å². The van der Waals surface area contributed by atoms with Gasteiger partial charge >= 0.3 is 0 Å². The van der Waals surface area contributed by atoms with Gasteiger partial charge < -0.3 is 0 Å². The van der Waals surface area contributed by atoms with Gasteiger partial charge in [-0.3, -0.25) is 0 Å². The van der Waals surface area contributed by atoms with Crippen molar-refractivity contribution < 1.29 is 8.42 Å². The molecule has 2 rings (SSSR count). The average molecular weight is 373 g/mol. The molecule has 2 aromatic carbocycles. The van der Waals surface area contributed by atoms with E-state index in [1.807, 2.05) is 0 Å². The lowest BCUT2D eigenvalue weighted by Crippen LogP contribution is -2.03. The summed E-state index contributed by atoms with van der Waals surface area (Å²) >= 11 is 17.5. The SMILES string of the molecule is N#CC(=Cc1ccc(Cl)cc1Cl)S(=O)(=O)c1ccc(Cl)cc1. The zero-order valence-electron chi connectivity index (χ0n) is 10.9. The van der Waals surface area contributed by atoms with E-state index in [-0.39, 0.29) is 9.92 Å². The van der Waals surface area contributed by atoms with Crippen molar-refractivity contribution in [2.75, 3.05) is 0 Å². The molecule has 0 saturated carbocycles. The maximum absolute atomic E-state index is 12.5. The summed E-state index contributed by atoms with van der Waals surface area (Å²) in [5.41, 5.74) is 0.389. The molecule has 3 nitrogen and oxygen atoms in total. The Balaban J connectivity index is 2.53. The summed E-state index contributed by atoms with van der Waals surface area (Å²) in [7, 11) is -3.94. The number of nitriles is 1. The van der Waals surface area contributed by atoms with Crippen LogP contribution in [-0.2, 0) is 9.84 Å². The fourth-order valence-corrected chi connectivity index (χ4v) is 3.41. The first-order chi connectivity index (χ1) is 10.3. The first-order valence-corrected chi connectivity index (χ1v) is 8.54. The molecule has 0 fully saturated rings. The van der Waals surface area contributed by atoms with Gasteiger partial charge in [-0.05, 0) is 48.0 Å². The van der Waals surface area contributed by atoms with E-state index >= 15 is 0 Å². The van der Waals surface area contributed by atoms with Crippen molar-refractivity contribution in [1.29, 1.82) is 5.26 Å². The van der Waals surface area contributed by atoms with Gasteiger partial charge in [-0.2, -0.15) is 5.26 Å². The molecule has 0 saturated heterocycles. The third-order valence-corrected chi connectivity index (χ3v) is 5.27. The normalized spacial score (nSPS) is 12.0. The van der Waals surface area contributed by atoms with Gasteiger partial charge in [0, 0.05) is 15.1 Å². The van der Waals surface area contributed by atoms with E-state index in [0.717, 1.165) is 0 Å². The summed E-state index contributed by atoms with van der Waals surface area (Å²) < 4.78 is 24.9. The summed E-state index contributed by atoms with van der Waals surface area (Å²) in [6.07, 6.45) is 1.21. The van der Waals surface area contributed by atoms with Gasteiger partial charge in [0.05, 0.1) is 4.90 Å². The molecule has 0 spiro atoms. The van der Waals surface area contributed by atoms with Crippen LogP contribution in [-0.4, -0.2) is 8.42 Å². The fraction of sp³-hybridized carbons (Fsp3) is 0. The van der Waals surface area contributed by atoms with Gasteiger partial charge in [0.25, 0.3) is 0 Å². The van der Waals surface area contributed by atoms with Crippen LogP contribution in [0.4, 0.5) is 0 Å². The summed E-state index contributed by atoms with van der Waals surface area (Å²) in [5, 5.41) is 10.3. The van der Waals surface area contributed by atoms with Crippen LogP contribution in [0, 0.1) is 11.3 Å². The van der Waals surface area contributed by atoms with Crippen LogP contribution in [0.2, 0.25) is 15.1 Å². The molecule has 7 heteroatoms. The van der Waals surface area contributed by atoms with Gasteiger partial charge in [-0.15, -0.1) is 0 Å². The smallest absolute Gasteiger partial charge is 0.216 e. The first-order valence-electron chi connectivity index (χ1n) is 5.92. The van der Waals surface area contributed by atoms with Crippen molar-refractivity contribution in [1.82, 2.24) is 0 Å². The molecule has 0 bridgehead atoms. The fourth-order valence-electron chi connectivity index (χ4n) is 1.67. The Bertz CT molecular complexity index is 882. The summed E-state index contributed by atoms with van der Waals surface area (Å²) in [5.74, 6) is 0. The monoisotopic (exact) mass is 371 g/mol. The molecule has 112 valence electrons. The molecule has 0 atom stereocenters. The van der Waals surface area contributed by atoms with Crippen molar-refractivity contribution in [2.24, 2.45) is 0 Å². The zero-order valence-corrected chi connectivity index (χ0v) is 14.0. The number of sulfone groups is 1. The van der Waals surface area contributed by atoms with Crippen LogP contribution in [0.1, 0.15) is 5.56 Å². The van der Waals surface area contributed by atoms with Crippen molar-refractivity contribution in [3.8, 4) is 6.07 Å². The Kier molecular flexibility index (Phi) is 5.15. The minimum atomic E-state index is -3.94. The molecule has 0 aliphatic carbocycles. The highest BCUT2D eigenvalue weighted by atomic mass is 35.5. The number of halogens is 3. The second-order valence-electron chi connectivity index (χ2n) is 4.24. The van der Waals surface area contributed by atoms with E-state index < -0.39 is 14.7 Å². The summed E-state index contributed by atoms with van der Waals surface area (Å²) in [4.78, 5) is -0.436. The standard InChI is InChI=1S/C15H8Cl3NO2S/c16-11-3-5-13(6-4-11)22(20,21)14(9-19)7-10-1-2-12(17)8-15(10)18/h1-8H. The van der Waals surface area contributed by atoms with Crippen LogP contribution < -0.4 is 0 Å². The predicted molar refractivity (Wildman–Crippen MR) is 88.7 cm³/mol. The molecule has 0 aromatic heterocycles. The maximum atomic E-state index is 12.5. The molecule has 0 radical (unpaired) electrons. The quantitative estimate of drug-likeness (QED) is 0.713. The van der Waals surface area contributed by atoms with E-state index in [9.17, 15) is 13.7 Å². The van der Waals surface area contributed by atoms with Gasteiger partial charge in [-0.25, -0.2) is 8.42 Å². The number of rotatable bonds is 3. The van der Waals surface area contributed by atoms with Gasteiger partial charge in [0.2, 0.25) is 9.84 Å². The molecule has 0 heterocycles. The van der Waals surface area contributed by atoms with Crippen LogP contribution in [0.5, 0.6) is 0 Å². The maximum Gasteiger partial charge on any atom is 0.216 e. The third-order valence-electron chi connectivity index (χ3n) is 2.77.